The Labute approximate surface area is 116 Å². The monoisotopic (exact) mass is 275 g/mol. The van der Waals surface area contributed by atoms with Crippen LogP contribution in [0.5, 0.6) is 0 Å². The molecule has 0 unspecified atom stereocenters. The summed E-state index contributed by atoms with van der Waals surface area (Å²) in [6.07, 6.45) is 0. The van der Waals surface area contributed by atoms with Gasteiger partial charge in [0.2, 0.25) is 0 Å². The second kappa shape index (κ2) is 6.14. The molecule has 0 fully saturated rings. The summed E-state index contributed by atoms with van der Waals surface area (Å²) in [5, 5.41) is 2.88. The van der Waals surface area contributed by atoms with E-state index in [9.17, 15) is 8.78 Å². The van der Waals surface area contributed by atoms with Crippen LogP contribution < -0.4 is 11.1 Å². The number of halogens is 2. The van der Waals surface area contributed by atoms with Crippen LogP contribution >= 0.6 is 0 Å². The minimum atomic E-state index is -0.502. The van der Waals surface area contributed by atoms with E-state index in [0.717, 1.165) is 29.4 Å². The molecule has 0 heterocycles. The van der Waals surface area contributed by atoms with Gasteiger partial charge in [-0.05, 0) is 37.3 Å². The van der Waals surface area contributed by atoms with E-state index in [1.54, 1.807) is 0 Å². The van der Waals surface area contributed by atoms with Gasteiger partial charge >= 0.3 is 0 Å². The number of aliphatic imine (C=N–C) groups is 1. The number of hydrogen-bond acceptors (Lipinski definition) is 1. The molecule has 3 nitrogen and oxygen atoms in total. The second-order valence-electron chi connectivity index (χ2n) is 4.43. The molecule has 0 atom stereocenters. The first-order valence-corrected chi connectivity index (χ1v) is 6.12. The van der Waals surface area contributed by atoms with Crippen LogP contribution in [0.2, 0.25) is 0 Å². The Kier molecular flexibility index (Phi) is 4.30. The fourth-order valence-corrected chi connectivity index (χ4v) is 1.66. The Hall–Kier alpha value is -2.43. The molecule has 0 saturated carbocycles. The highest BCUT2D eigenvalue weighted by molar-refractivity contribution is 5.92. The van der Waals surface area contributed by atoms with Gasteiger partial charge in [0.25, 0.3) is 0 Å². The molecule has 0 aromatic heterocycles. The second-order valence-corrected chi connectivity index (χ2v) is 4.43. The van der Waals surface area contributed by atoms with Gasteiger partial charge < -0.3 is 11.1 Å². The number of guanidine groups is 1. The molecule has 5 heteroatoms. The summed E-state index contributed by atoms with van der Waals surface area (Å²) in [7, 11) is 0. The molecule has 0 aliphatic carbocycles. The Morgan fingerprint density at radius 1 is 1.15 bits per heavy atom. The first-order chi connectivity index (χ1) is 9.54. The molecule has 20 heavy (non-hydrogen) atoms. The number of anilines is 1. The van der Waals surface area contributed by atoms with Crippen molar-refractivity contribution in [3.05, 3.63) is 65.2 Å². The quantitative estimate of drug-likeness (QED) is 0.667. The van der Waals surface area contributed by atoms with Crippen LogP contribution in [0, 0.1) is 18.6 Å². The largest absolute Gasteiger partial charge is 0.370 e. The van der Waals surface area contributed by atoms with Gasteiger partial charge in [0.05, 0.1) is 6.54 Å². The molecule has 0 aliphatic rings. The van der Waals surface area contributed by atoms with Gasteiger partial charge in [-0.25, -0.2) is 13.8 Å². The zero-order valence-corrected chi connectivity index (χ0v) is 11.0. The fraction of sp³-hybridized carbons (Fsp3) is 0.133. The number of benzene rings is 2. The number of aryl methyl sites for hydroxylation is 1. The zero-order valence-electron chi connectivity index (χ0n) is 11.0. The van der Waals surface area contributed by atoms with Crippen molar-refractivity contribution in [2.24, 2.45) is 10.7 Å². The van der Waals surface area contributed by atoms with Gasteiger partial charge in [0, 0.05) is 11.3 Å². The molecule has 3 N–H and O–H groups in total. The lowest BCUT2D eigenvalue weighted by atomic mass is 10.2. The van der Waals surface area contributed by atoms with Gasteiger partial charge in [-0.1, -0.05) is 17.7 Å². The van der Waals surface area contributed by atoms with Crippen LogP contribution in [-0.2, 0) is 6.54 Å². The lowest BCUT2D eigenvalue weighted by Crippen LogP contribution is -2.22. The average molecular weight is 275 g/mol. The van der Waals surface area contributed by atoms with E-state index < -0.39 is 11.6 Å². The van der Waals surface area contributed by atoms with E-state index in [1.165, 1.54) is 0 Å². The van der Waals surface area contributed by atoms with Crippen molar-refractivity contribution in [1.29, 1.82) is 0 Å². The molecule has 0 amide bonds. The van der Waals surface area contributed by atoms with Gasteiger partial charge in [-0.15, -0.1) is 0 Å². The third kappa shape index (κ3) is 3.78. The minimum Gasteiger partial charge on any atom is -0.370 e. The van der Waals surface area contributed by atoms with E-state index in [4.69, 9.17) is 5.73 Å². The molecule has 2 aromatic carbocycles. The maximum Gasteiger partial charge on any atom is 0.193 e. The van der Waals surface area contributed by atoms with Gasteiger partial charge in [0.1, 0.15) is 11.6 Å². The molecular formula is C15H15F2N3. The molecule has 0 aliphatic heterocycles. The normalized spacial score (nSPS) is 11.4. The molecule has 0 bridgehead atoms. The van der Waals surface area contributed by atoms with E-state index in [-0.39, 0.29) is 18.1 Å². The average Bonchev–Trinajstić information content (AvgIpc) is 2.42. The topological polar surface area (TPSA) is 50.4 Å². The first-order valence-electron chi connectivity index (χ1n) is 6.12. The maximum atomic E-state index is 13.4. The lowest BCUT2D eigenvalue weighted by Gasteiger charge is -2.06. The van der Waals surface area contributed by atoms with Crippen molar-refractivity contribution >= 4 is 11.6 Å². The third-order valence-electron chi connectivity index (χ3n) is 2.75. The number of hydrogen-bond donors (Lipinski definition) is 2. The SMILES string of the molecule is Cc1ccc(NC(N)=NCc2cc(F)ccc2F)cc1. The maximum absolute atomic E-state index is 13.4. The van der Waals surface area contributed by atoms with E-state index in [2.05, 4.69) is 10.3 Å². The van der Waals surface area contributed by atoms with Crippen molar-refractivity contribution in [2.45, 2.75) is 13.5 Å². The highest BCUT2D eigenvalue weighted by Crippen LogP contribution is 2.11. The number of nitrogens with two attached hydrogens (primary N) is 1. The highest BCUT2D eigenvalue weighted by Gasteiger charge is 2.03. The van der Waals surface area contributed by atoms with Crippen LogP contribution in [0.4, 0.5) is 14.5 Å². The van der Waals surface area contributed by atoms with Gasteiger partial charge in [-0.3, -0.25) is 0 Å². The van der Waals surface area contributed by atoms with Crippen molar-refractivity contribution in [1.82, 2.24) is 0 Å². The molecule has 2 aromatic rings. The van der Waals surface area contributed by atoms with Crippen LogP contribution in [0.3, 0.4) is 0 Å². The Morgan fingerprint density at radius 2 is 1.85 bits per heavy atom. The summed E-state index contributed by atoms with van der Waals surface area (Å²) in [5.74, 6) is -0.850. The molecule has 0 spiro atoms. The van der Waals surface area contributed by atoms with E-state index in [0.29, 0.717) is 0 Å². The Bertz CT molecular complexity index is 622. The first kappa shape index (κ1) is 14.0. The number of nitrogens with one attached hydrogen (secondary N) is 1. The van der Waals surface area contributed by atoms with E-state index in [1.807, 2.05) is 31.2 Å². The van der Waals surface area contributed by atoms with Crippen LogP contribution in [0.15, 0.2) is 47.5 Å². The number of nitrogens with zero attached hydrogens (tertiary/aromatic N) is 1. The smallest absolute Gasteiger partial charge is 0.193 e. The minimum absolute atomic E-state index is 0.0196. The highest BCUT2D eigenvalue weighted by atomic mass is 19.1. The fourth-order valence-electron chi connectivity index (χ4n) is 1.66. The van der Waals surface area contributed by atoms with Crippen LogP contribution in [-0.4, -0.2) is 5.96 Å². The summed E-state index contributed by atoms with van der Waals surface area (Å²) in [6.45, 7) is 1.96. The summed E-state index contributed by atoms with van der Waals surface area (Å²) in [6, 6.07) is 10.8. The summed E-state index contributed by atoms with van der Waals surface area (Å²) < 4.78 is 26.4. The molecule has 2 rings (SSSR count). The predicted molar refractivity (Wildman–Crippen MR) is 76.5 cm³/mol. The molecule has 104 valence electrons. The summed E-state index contributed by atoms with van der Waals surface area (Å²) in [5.41, 5.74) is 7.79. The van der Waals surface area contributed by atoms with Gasteiger partial charge in [0.15, 0.2) is 5.96 Å². The van der Waals surface area contributed by atoms with Crippen molar-refractivity contribution < 1.29 is 8.78 Å². The van der Waals surface area contributed by atoms with Crippen LogP contribution in [0.25, 0.3) is 0 Å². The summed E-state index contributed by atoms with van der Waals surface area (Å²) >= 11 is 0. The van der Waals surface area contributed by atoms with E-state index >= 15 is 0 Å². The molecule has 0 saturated heterocycles. The number of rotatable bonds is 3. The Morgan fingerprint density at radius 3 is 2.55 bits per heavy atom. The van der Waals surface area contributed by atoms with Crippen molar-refractivity contribution in [2.75, 3.05) is 5.32 Å². The predicted octanol–water partition coefficient (Wildman–Crippen LogP) is 3.20. The summed E-state index contributed by atoms with van der Waals surface area (Å²) in [4.78, 5) is 3.99. The van der Waals surface area contributed by atoms with Crippen molar-refractivity contribution in [3.8, 4) is 0 Å². The lowest BCUT2D eigenvalue weighted by molar-refractivity contribution is 0.586. The zero-order chi connectivity index (χ0) is 14.5. The molecular weight excluding hydrogens is 260 g/mol. The van der Waals surface area contributed by atoms with Crippen LogP contribution in [0.1, 0.15) is 11.1 Å². The van der Waals surface area contributed by atoms with Gasteiger partial charge in [-0.2, -0.15) is 0 Å². The van der Waals surface area contributed by atoms with Crippen molar-refractivity contribution in [3.63, 3.8) is 0 Å². The standard InChI is InChI=1S/C15H15F2N3/c1-10-2-5-13(6-3-10)20-15(18)19-9-11-8-12(16)4-7-14(11)17/h2-8H,9H2,1H3,(H3,18,19,20). The third-order valence-corrected chi connectivity index (χ3v) is 2.75. The molecule has 0 radical (unpaired) electrons. The Balaban J connectivity index is 2.03.